The van der Waals surface area contributed by atoms with E-state index >= 15 is 0 Å². The molecule has 1 aliphatic heterocycles. The Bertz CT molecular complexity index is 145. The van der Waals surface area contributed by atoms with Crippen LogP contribution >= 0.6 is 0 Å². The first kappa shape index (κ1) is 9.52. The first-order chi connectivity index (χ1) is 5.76. The SMILES string of the molecule is CCC1(OC)CCN(C=O)CC1. The summed E-state index contributed by atoms with van der Waals surface area (Å²) < 4.78 is 5.48. The molecule has 0 spiro atoms. The van der Waals surface area contributed by atoms with E-state index < -0.39 is 0 Å². The Kier molecular flexibility index (Phi) is 3.09. The third-order valence-electron chi connectivity index (χ3n) is 2.94. The highest BCUT2D eigenvalue weighted by Crippen LogP contribution is 2.28. The second-order valence-electron chi connectivity index (χ2n) is 3.38. The zero-order valence-corrected chi connectivity index (χ0v) is 7.88. The number of likely N-dealkylation sites (tertiary alicyclic amines) is 1. The van der Waals surface area contributed by atoms with Gasteiger partial charge in [0.1, 0.15) is 0 Å². The number of ether oxygens (including phenoxy) is 1. The first-order valence-electron chi connectivity index (χ1n) is 4.51. The topological polar surface area (TPSA) is 29.5 Å². The zero-order valence-electron chi connectivity index (χ0n) is 7.88. The van der Waals surface area contributed by atoms with Crippen LogP contribution in [0.3, 0.4) is 0 Å². The van der Waals surface area contributed by atoms with Crippen LogP contribution in [0.5, 0.6) is 0 Å². The lowest BCUT2D eigenvalue weighted by Crippen LogP contribution is -2.44. The molecular formula is C9H17NO2. The van der Waals surface area contributed by atoms with Crippen LogP contribution in [0.15, 0.2) is 0 Å². The van der Waals surface area contributed by atoms with E-state index in [1.54, 1.807) is 7.11 Å². The van der Waals surface area contributed by atoms with Gasteiger partial charge in [0.15, 0.2) is 0 Å². The van der Waals surface area contributed by atoms with E-state index in [0.717, 1.165) is 38.8 Å². The monoisotopic (exact) mass is 171 g/mol. The molecule has 0 bridgehead atoms. The summed E-state index contributed by atoms with van der Waals surface area (Å²) in [6.07, 6.45) is 3.91. The van der Waals surface area contributed by atoms with Gasteiger partial charge >= 0.3 is 0 Å². The van der Waals surface area contributed by atoms with Gasteiger partial charge in [0, 0.05) is 20.2 Å². The van der Waals surface area contributed by atoms with Crippen LogP contribution in [0.1, 0.15) is 26.2 Å². The van der Waals surface area contributed by atoms with Crippen molar-refractivity contribution < 1.29 is 9.53 Å². The number of nitrogens with zero attached hydrogens (tertiary/aromatic N) is 1. The quantitative estimate of drug-likeness (QED) is 0.594. The van der Waals surface area contributed by atoms with Crippen molar-refractivity contribution in [1.82, 2.24) is 4.90 Å². The van der Waals surface area contributed by atoms with Crippen LogP contribution in [0.25, 0.3) is 0 Å². The first-order valence-corrected chi connectivity index (χ1v) is 4.51. The minimum atomic E-state index is 0.0412. The smallest absolute Gasteiger partial charge is 0.209 e. The fraction of sp³-hybridized carbons (Fsp3) is 0.889. The van der Waals surface area contributed by atoms with Crippen molar-refractivity contribution in [1.29, 1.82) is 0 Å². The molecule has 0 aromatic rings. The minimum Gasteiger partial charge on any atom is -0.378 e. The maximum Gasteiger partial charge on any atom is 0.209 e. The van der Waals surface area contributed by atoms with E-state index in [4.69, 9.17) is 4.74 Å². The molecule has 0 unspecified atom stereocenters. The molecule has 0 aromatic carbocycles. The fourth-order valence-electron chi connectivity index (χ4n) is 1.74. The highest BCUT2D eigenvalue weighted by Gasteiger charge is 2.32. The van der Waals surface area contributed by atoms with Gasteiger partial charge in [-0.15, -0.1) is 0 Å². The predicted molar refractivity (Wildman–Crippen MR) is 46.9 cm³/mol. The van der Waals surface area contributed by atoms with Crippen LogP contribution in [0, 0.1) is 0 Å². The molecule has 1 saturated heterocycles. The molecule has 0 N–H and O–H groups in total. The standard InChI is InChI=1S/C9H17NO2/c1-3-9(12-2)4-6-10(8-11)7-5-9/h8H,3-7H2,1-2H3. The van der Waals surface area contributed by atoms with Crippen LogP contribution in [-0.2, 0) is 9.53 Å². The molecule has 1 aliphatic rings. The summed E-state index contributed by atoms with van der Waals surface area (Å²) in [5, 5.41) is 0. The lowest BCUT2D eigenvalue weighted by molar-refractivity contribution is -0.123. The number of methoxy groups -OCH3 is 1. The van der Waals surface area contributed by atoms with Gasteiger partial charge in [-0.05, 0) is 19.3 Å². The zero-order chi connectivity index (χ0) is 9.03. The number of hydrogen-bond donors (Lipinski definition) is 0. The fourth-order valence-corrected chi connectivity index (χ4v) is 1.74. The normalized spacial score (nSPS) is 22.3. The Hall–Kier alpha value is -0.570. The molecule has 3 nitrogen and oxygen atoms in total. The van der Waals surface area contributed by atoms with E-state index in [1.807, 2.05) is 4.90 Å². The number of carbonyl (C=O) groups is 1. The van der Waals surface area contributed by atoms with E-state index in [1.165, 1.54) is 0 Å². The summed E-state index contributed by atoms with van der Waals surface area (Å²) in [4.78, 5) is 12.2. The average molecular weight is 171 g/mol. The van der Waals surface area contributed by atoms with Gasteiger partial charge in [0.2, 0.25) is 6.41 Å². The summed E-state index contributed by atoms with van der Waals surface area (Å²) in [6, 6.07) is 0. The van der Waals surface area contributed by atoms with Crippen molar-refractivity contribution in [2.75, 3.05) is 20.2 Å². The second-order valence-corrected chi connectivity index (χ2v) is 3.38. The molecule has 0 aliphatic carbocycles. The summed E-state index contributed by atoms with van der Waals surface area (Å²) >= 11 is 0. The van der Waals surface area contributed by atoms with Gasteiger partial charge in [0.25, 0.3) is 0 Å². The van der Waals surface area contributed by atoms with E-state index in [2.05, 4.69) is 6.92 Å². The molecule has 70 valence electrons. The van der Waals surface area contributed by atoms with Crippen molar-refractivity contribution in [3.8, 4) is 0 Å². The molecule has 1 amide bonds. The van der Waals surface area contributed by atoms with Crippen molar-refractivity contribution in [3.05, 3.63) is 0 Å². The molecule has 0 aromatic heterocycles. The number of carbonyl (C=O) groups excluding carboxylic acids is 1. The lowest BCUT2D eigenvalue weighted by atomic mass is 9.89. The average Bonchev–Trinajstić information content (AvgIpc) is 2.18. The summed E-state index contributed by atoms with van der Waals surface area (Å²) in [5.74, 6) is 0. The molecule has 3 heteroatoms. The van der Waals surface area contributed by atoms with Crippen LogP contribution < -0.4 is 0 Å². The Labute approximate surface area is 73.7 Å². The Morgan fingerprint density at radius 3 is 2.42 bits per heavy atom. The molecule has 1 heterocycles. The van der Waals surface area contributed by atoms with Crippen molar-refractivity contribution in [2.24, 2.45) is 0 Å². The molecule has 1 fully saturated rings. The number of hydrogen-bond acceptors (Lipinski definition) is 2. The largest absolute Gasteiger partial charge is 0.378 e. The molecule has 0 radical (unpaired) electrons. The highest BCUT2D eigenvalue weighted by molar-refractivity contribution is 5.47. The predicted octanol–water partition coefficient (Wildman–Crippen LogP) is 1.03. The molecule has 0 saturated carbocycles. The summed E-state index contributed by atoms with van der Waals surface area (Å²) in [6.45, 7) is 3.82. The van der Waals surface area contributed by atoms with E-state index in [-0.39, 0.29) is 5.60 Å². The third kappa shape index (κ3) is 1.78. The van der Waals surface area contributed by atoms with Crippen molar-refractivity contribution >= 4 is 6.41 Å². The Morgan fingerprint density at radius 2 is 2.08 bits per heavy atom. The van der Waals surface area contributed by atoms with Crippen LogP contribution in [-0.4, -0.2) is 37.1 Å². The van der Waals surface area contributed by atoms with Gasteiger partial charge in [-0.1, -0.05) is 6.92 Å². The maximum absolute atomic E-state index is 10.4. The molecule has 0 atom stereocenters. The van der Waals surface area contributed by atoms with E-state index in [9.17, 15) is 4.79 Å². The lowest BCUT2D eigenvalue weighted by Gasteiger charge is -2.38. The van der Waals surface area contributed by atoms with Crippen molar-refractivity contribution in [3.63, 3.8) is 0 Å². The van der Waals surface area contributed by atoms with Crippen molar-refractivity contribution in [2.45, 2.75) is 31.8 Å². The molecular weight excluding hydrogens is 154 g/mol. The Balaban J connectivity index is 2.47. The minimum absolute atomic E-state index is 0.0412. The highest BCUT2D eigenvalue weighted by atomic mass is 16.5. The third-order valence-corrected chi connectivity index (χ3v) is 2.94. The van der Waals surface area contributed by atoms with Gasteiger partial charge in [-0.3, -0.25) is 4.79 Å². The molecule has 1 rings (SSSR count). The second kappa shape index (κ2) is 3.90. The van der Waals surface area contributed by atoms with Gasteiger partial charge < -0.3 is 9.64 Å². The summed E-state index contributed by atoms with van der Waals surface area (Å²) in [7, 11) is 1.76. The van der Waals surface area contributed by atoms with Crippen LogP contribution in [0.2, 0.25) is 0 Å². The number of amides is 1. The number of rotatable bonds is 3. The van der Waals surface area contributed by atoms with Gasteiger partial charge in [-0.2, -0.15) is 0 Å². The Morgan fingerprint density at radius 1 is 1.50 bits per heavy atom. The molecule has 12 heavy (non-hydrogen) atoms. The van der Waals surface area contributed by atoms with Gasteiger partial charge in [0.05, 0.1) is 5.60 Å². The van der Waals surface area contributed by atoms with Crippen LogP contribution in [0.4, 0.5) is 0 Å². The number of piperidine rings is 1. The van der Waals surface area contributed by atoms with E-state index in [0.29, 0.717) is 0 Å². The maximum atomic E-state index is 10.4. The summed E-state index contributed by atoms with van der Waals surface area (Å²) in [5.41, 5.74) is 0.0412. The van der Waals surface area contributed by atoms with Gasteiger partial charge in [-0.25, -0.2) is 0 Å².